The molecule has 0 radical (unpaired) electrons. The van der Waals surface area contributed by atoms with Gasteiger partial charge in [-0.2, -0.15) is 4.99 Å². The fraction of sp³-hybridized carbons (Fsp3) is 0.429. The lowest BCUT2D eigenvalue weighted by molar-refractivity contribution is 0.234. The zero-order chi connectivity index (χ0) is 9.56. The Bertz CT molecular complexity index is 213. The van der Waals surface area contributed by atoms with Crippen LogP contribution in [0.1, 0.15) is 13.8 Å². The van der Waals surface area contributed by atoms with E-state index in [9.17, 15) is 0 Å². The Morgan fingerprint density at radius 2 is 2.25 bits per heavy atom. The average molecular weight is 301 g/mol. The number of aliphatic imine (C=N–C) groups is 1. The van der Waals surface area contributed by atoms with E-state index in [0.29, 0.717) is 5.16 Å². The summed E-state index contributed by atoms with van der Waals surface area (Å²) in [5.74, 6) is 0.225. The van der Waals surface area contributed by atoms with Gasteiger partial charge in [-0.3, -0.25) is 0 Å². The Hall–Kier alpha value is -0.100. The fourth-order valence-corrected chi connectivity index (χ4v) is 0.686. The van der Waals surface area contributed by atoms with Crippen LogP contribution in [0.4, 0.5) is 0 Å². The minimum Gasteiger partial charge on any atom is -0.474 e. The summed E-state index contributed by atoms with van der Waals surface area (Å²) in [6.07, 6.45) is 1.03. The van der Waals surface area contributed by atoms with Gasteiger partial charge in [0.25, 0.3) is 0 Å². The molecule has 0 unspecified atom stereocenters. The van der Waals surface area contributed by atoms with Gasteiger partial charge in [0.1, 0.15) is 5.16 Å². The van der Waals surface area contributed by atoms with Crippen LogP contribution in [0.2, 0.25) is 0 Å². The zero-order valence-corrected chi connectivity index (χ0v) is 9.76. The SMILES string of the molecule is CC(C)O/C(C=N)=N/C(Cl)=C\I. The van der Waals surface area contributed by atoms with Gasteiger partial charge in [0.05, 0.1) is 12.3 Å². The molecule has 0 atom stereocenters. The summed E-state index contributed by atoms with van der Waals surface area (Å²) in [6, 6.07) is 0. The standard InChI is InChI=1S/C7H10ClIN2O/c1-5(2)12-7(4-10)11-6(8)3-9/h3-5,10H,1-2H3/b6-3-,10-4?,11-7+. The number of hydrogen-bond acceptors (Lipinski definition) is 3. The van der Waals surface area contributed by atoms with Gasteiger partial charge in [-0.05, 0) is 36.4 Å². The van der Waals surface area contributed by atoms with E-state index in [0.717, 1.165) is 6.21 Å². The highest BCUT2D eigenvalue weighted by molar-refractivity contribution is 14.1. The highest BCUT2D eigenvalue weighted by Crippen LogP contribution is 2.07. The van der Waals surface area contributed by atoms with Crippen LogP contribution in [-0.2, 0) is 4.74 Å². The molecule has 0 aliphatic rings. The van der Waals surface area contributed by atoms with E-state index in [-0.39, 0.29) is 12.0 Å². The molecule has 0 spiro atoms. The molecule has 0 rings (SSSR count). The molecule has 1 N–H and O–H groups in total. The van der Waals surface area contributed by atoms with E-state index < -0.39 is 0 Å². The van der Waals surface area contributed by atoms with Gasteiger partial charge in [0.2, 0.25) is 5.90 Å². The van der Waals surface area contributed by atoms with Gasteiger partial charge >= 0.3 is 0 Å². The first-order valence-electron chi connectivity index (χ1n) is 3.31. The van der Waals surface area contributed by atoms with Crippen molar-refractivity contribution in [1.29, 1.82) is 5.41 Å². The summed E-state index contributed by atoms with van der Waals surface area (Å²) in [5, 5.41) is 7.27. The Kier molecular flexibility index (Phi) is 6.37. The largest absolute Gasteiger partial charge is 0.474 e. The molecule has 0 aromatic heterocycles. The molecule has 0 bridgehead atoms. The topological polar surface area (TPSA) is 45.4 Å². The normalized spacial score (nSPS) is 13.4. The molecule has 3 nitrogen and oxygen atoms in total. The van der Waals surface area contributed by atoms with Crippen LogP contribution in [0.15, 0.2) is 14.2 Å². The van der Waals surface area contributed by atoms with Crippen LogP contribution >= 0.6 is 34.2 Å². The second-order valence-electron chi connectivity index (χ2n) is 2.19. The van der Waals surface area contributed by atoms with E-state index in [1.54, 1.807) is 4.08 Å². The Morgan fingerprint density at radius 3 is 2.58 bits per heavy atom. The first kappa shape index (κ1) is 11.9. The molecule has 12 heavy (non-hydrogen) atoms. The predicted octanol–water partition coefficient (Wildman–Crippen LogP) is 2.93. The Labute approximate surface area is 90.5 Å². The van der Waals surface area contributed by atoms with Gasteiger partial charge in [-0.15, -0.1) is 0 Å². The highest BCUT2D eigenvalue weighted by atomic mass is 127. The Balaban J connectivity index is 4.33. The van der Waals surface area contributed by atoms with Crippen LogP contribution in [0.5, 0.6) is 0 Å². The van der Waals surface area contributed by atoms with Gasteiger partial charge in [0, 0.05) is 4.08 Å². The quantitative estimate of drug-likeness (QED) is 0.370. The predicted molar refractivity (Wildman–Crippen MR) is 60.4 cm³/mol. The zero-order valence-electron chi connectivity index (χ0n) is 6.84. The second kappa shape index (κ2) is 6.42. The average Bonchev–Trinajstić information content (AvgIpc) is 2.02. The van der Waals surface area contributed by atoms with Gasteiger partial charge in [-0.25, -0.2) is 0 Å². The van der Waals surface area contributed by atoms with Crippen LogP contribution in [-0.4, -0.2) is 18.2 Å². The van der Waals surface area contributed by atoms with E-state index in [1.165, 1.54) is 0 Å². The molecule has 0 saturated carbocycles. The highest BCUT2D eigenvalue weighted by Gasteiger charge is 1.99. The van der Waals surface area contributed by atoms with Crippen molar-refractivity contribution < 1.29 is 4.74 Å². The summed E-state index contributed by atoms with van der Waals surface area (Å²) >= 11 is 7.57. The molecule has 0 aliphatic carbocycles. The van der Waals surface area contributed by atoms with Crippen molar-refractivity contribution in [2.45, 2.75) is 20.0 Å². The third kappa shape index (κ3) is 5.54. The van der Waals surface area contributed by atoms with Crippen LogP contribution in [0.25, 0.3) is 0 Å². The lowest BCUT2D eigenvalue weighted by Crippen LogP contribution is -2.12. The third-order valence-electron chi connectivity index (χ3n) is 0.787. The van der Waals surface area contributed by atoms with Crippen LogP contribution in [0.3, 0.4) is 0 Å². The molecule has 68 valence electrons. The van der Waals surface area contributed by atoms with Gasteiger partial charge in [0.15, 0.2) is 0 Å². The summed E-state index contributed by atoms with van der Waals surface area (Å²) < 4.78 is 6.75. The molecule has 0 heterocycles. The smallest absolute Gasteiger partial charge is 0.233 e. The van der Waals surface area contributed by atoms with Crippen molar-refractivity contribution in [3.8, 4) is 0 Å². The molecule has 0 fully saturated rings. The minimum atomic E-state index is 0.00373. The second-order valence-corrected chi connectivity index (χ2v) is 3.20. The van der Waals surface area contributed by atoms with Gasteiger partial charge < -0.3 is 10.1 Å². The van der Waals surface area contributed by atoms with Crippen molar-refractivity contribution in [1.82, 2.24) is 0 Å². The van der Waals surface area contributed by atoms with E-state index in [4.69, 9.17) is 21.7 Å². The van der Waals surface area contributed by atoms with Gasteiger partial charge in [-0.1, -0.05) is 11.6 Å². The van der Waals surface area contributed by atoms with E-state index in [2.05, 4.69) is 4.99 Å². The van der Waals surface area contributed by atoms with E-state index in [1.807, 2.05) is 36.4 Å². The molecule has 0 saturated heterocycles. The summed E-state index contributed by atoms with van der Waals surface area (Å²) in [6.45, 7) is 3.72. The molecule has 0 amide bonds. The number of nitrogens with one attached hydrogen (secondary N) is 1. The van der Waals surface area contributed by atoms with Crippen molar-refractivity contribution in [3.05, 3.63) is 9.24 Å². The monoisotopic (exact) mass is 300 g/mol. The van der Waals surface area contributed by atoms with Crippen molar-refractivity contribution in [2.24, 2.45) is 4.99 Å². The minimum absolute atomic E-state index is 0.00373. The third-order valence-corrected chi connectivity index (χ3v) is 1.94. The van der Waals surface area contributed by atoms with Crippen LogP contribution < -0.4 is 0 Å². The Morgan fingerprint density at radius 1 is 1.67 bits per heavy atom. The molecule has 0 aliphatic heterocycles. The number of hydrogen-bond donors (Lipinski definition) is 1. The first-order chi connectivity index (χ1) is 5.60. The summed E-state index contributed by atoms with van der Waals surface area (Å²) in [4.78, 5) is 3.82. The van der Waals surface area contributed by atoms with Crippen molar-refractivity contribution in [3.63, 3.8) is 0 Å². The molecule has 5 heteroatoms. The first-order valence-corrected chi connectivity index (χ1v) is 4.94. The summed E-state index contributed by atoms with van der Waals surface area (Å²) in [7, 11) is 0. The fourth-order valence-electron chi connectivity index (χ4n) is 0.464. The number of rotatable bonds is 3. The number of ether oxygens (including phenoxy) is 1. The lowest BCUT2D eigenvalue weighted by Gasteiger charge is -2.07. The molecule has 0 aromatic carbocycles. The molecular formula is C7H10ClIN2O. The molecule has 0 aromatic rings. The number of nitrogens with zero attached hydrogens (tertiary/aromatic N) is 1. The maximum atomic E-state index is 6.95. The van der Waals surface area contributed by atoms with E-state index >= 15 is 0 Å². The maximum absolute atomic E-state index is 6.95. The lowest BCUT2D eigenvalue weighted by atomic mass is 10.5. The van der Waals surface area contributed by atoms with Crippen molar-refractivity contribution >= 4 is 46.3 Å². The van der Waals surface area contributed by atoms with Crippen molar-refractivity contribution in [2.75, 3.05) is 0 Å². The van der Waals surface area contributed by atoms with Crippen LogP contribution in [0, 0.1) is 5.41 Å². The molecular weight excluding hydrogens is 290 g/mol. The maximum Gasteiger partial charge on any atom is 0.233 e. The number of halogens is 2. The summed E-state index contributed by atoms with van der Waals surface area (Å²) in [5.41, 5.74) is 0.